The van der Waals surface area contributed by atoms with Gasteiger partial charge in [0.05, 0.1) is 13.7 Å². The van der Waals surface area contributed by atoms with Gasteiger partial charge in [-0.15, -0.1) is 0 Å². The van der Waals surface area contributed by atoms with E-state index in [1.165, 1.54) is 0 Å². The van der Waals surface area contributed by atoms with Gasteiger partial charge in [0.15, 0.2) is 0 Å². The lowest BCUT2D eigenvalue weighted by atomic mass is 10.2. The monoisotopic (exact) mass is 324 g/mol. The van der Waals surface area contributed by atoms with Crippen LogP contribution in [0.3, 0.4) is 0 Å². The number of rotatable bonds is 6. The number of para-hydroxylation sites is 1. The number of hydrogen-bond donors (Lipinski definition) is 1. The molecule has 3 rings (SSSR count). The predicted octanol–water partition coefficient (Wildman–Crippen LogP) is 3.33. The SMILES string of the molecule is COc1ccc(OCCN(C)C(=O)c2cc3ccccc3[nH]2)cc1. The highest BCUT2D eigenvalue weighted by Crippen LogP contribution is 2.17. The summed E-state index contributed by atoms with van der Waals surface area (Å²) in [6, 6.07) is 17.1. The second kappa shape index (κ2) is 7.08. The Labute approximate surface area is 140 Å². The minimum absolute atomic E-state index is 0.0514. The van der Waals surface area contributed by atoms with Crippen molar-refractivity contribution in [2.75, 3.05) is 27.3 Å². The number of fused-ring (bicyclic) bond motifs is 1. The van der Waals surface area contributed by atoms with Gasteiger partial charge in [0.1, 0.15) is 23.8 Å². The van der Waals surface area contributed by atoms with Gasteiger partial charge in [-0.25, -0.2) is 0 Å². The Bertz CT molecular complexity index is 791. The molecule has 2 aromatic carbocycles. The highest BCUT2D eigenvalue weighted by atomic mass is 16.5. The van der Waals surface area contributed by atoms with E-state index in [9.17, 15) is 4.79 Å². The number of amides is 1. The topological polar surface area (TPSA) is 54.6 Å². The molecule has 0 spiro atoms. The van der Waals surface area contributed by atoms with Crippen molar-refractivity contribution in [3.05, 3.63) is 60.3 Å². The van der Waals surface area contributed by atoms with Crippen LogP contribution in [0.25, 0.3) is 10.9 Å². The number of methoxy groups -OCH3 is 1. The minimum atomic E-state index is -0.0514. The van der Waals surface area contributed by atoms with Crippen molar-refractivity contribution in [1.82, 2.24) is 9.88 Å². The molecular weight excluding hydrogens is 304 g/mol. The number of likely N-dealkylation sites (N-methyl/N-ethyl adjacent to an activating group) is 1. The number of nitrogens with one attached hydrogen (secondary N) is 1. The van der Waals surface area contributed by atoms with Gasteiger partial charge in [-0.1, -0.05) is 18.2 Å². The van der Waals surface area contributed by atoms with Crippen molar-refractivity contribution in [2.45, 2.75) is 0 Å². The fourth-order valence-corrected chi connectivity index (χ4v) is 2.47. The molecule has 0 unspecified atom stereocenters. The number of ether oxygens (including phenoxy) is 2. The summed E-state index contributed by atoms with van der Waals surface area (Å²) in [5.41, 5.74) is 1.55. The Hall–Kier alpha value is -2.95. The number of carbonyl (C=O) groups is 1. The van der Waals surface area contributed by atoms with Gasteiger partial charge in [0.25, 0.3) is 5.91 Å². The van der Waals surface area contributed by atoms with Crippen molar-refractivity contribution in [2.24, 2.45) is 0 Å². The van der Waals surface area contributed by atoms with Crippen LogP contribution in [0.2, 0.25) is 0 Å². The van der Waals surface area contributed by atoms with Crippen molar-refractivity contribution < 1.29 is 14.3 Å². The van der Waals surface area contributed by atoms with E-state index in [4.69, 9.17) is 9.47 Å². The Kier molecular flexibility index (Phi) is 4.70. The van der Waals surface area contributed by atoms with Crippen LogP contribution in [-0.2, 0) is 0 Å². The molecular formula is C19H20N2O3. The number of aromatic amines is 1. The summed E-state index contributed by atoms with van der Waals surface area (Å²) >= 11 is 0. The molecule has 0 aliphatic heterocycles. The molecule has 0 aliphatic carbocycles. The van der Waals surface area contributed by atoms with E-state index in [1.54, 1.807) is 19.1 Å². The molecule has 0 fully saturated rings. The van der Waals surface area contributed by atoms with Crippen molar-refractivity contribution >= 4 is 16.8 Å². The normalized spacial score (nSPS) is 10.6. The first-order chi connectivity index (χ1) is 11.7. The number of nitrogens with zero attached hydrogens (tertiary/aromatic N) is 1. The zero-order chi connectivity index (χ0) is 16.9. The van der Waals surface area contributed by atoms with Gasteiger partial charge in [0.2, 0.25) is 0 Å². The van der Waals surface area contributed by atoms with E-state index in [-0.39, 0.29) is 5.91 Å². The van der Waals surface area contributed by atoms with E-state index in [0.29, 0.717) is 18.8 Å². The van der Waals surface area contributed by atoms with Gasteiger partial charge < -0.3 is 19.4 Å². The maximum Gasteiger partial charge on any atom is 0.270 e. The lowest BCUT2D eigenvalue weighted by Crippen LogP contribution is -2.31. The molecule has 5 heteroatoms. The molecule has 5 nitrogen and oxygen atoms in total. The molecule has 1 amide bonds. The molecule has 0 radical (unpaired) electrons. The van der Waals surface area contributed by atoms with Crippen LogP contribution in [0.1, 0.15) is 10.5 Å². The number of benzene rings is 2. The quantitative estimate of drug-likeness (QED) is 0.757. The number of carbonyl (C=O) groups excluding carboxylic acids is 1. The molecule has 0 aliphatic rings. The average Bonchev–Trinajstić information content (AvgIpc) is 3.05. The van der Waals surface area contributed by atoms with Gasteiger partial charge in [0, 0.05) is 18.0 Å². The van der Waals surface area contributed by atoms with Crippen LogP contribution in [0.15, 0.2) is 54.6 Å². The minimum Gasteiger partial charge on any atom is -0.497 e. The summed E-state index contributed by atoms with van der Waals surface area (Å²) in [5.74, 6) is 1.49. The Morgan fingerprint density at radius 2 is 1.79 bits per heavy atom. The summed E-state index contributed by atoms with van der Waals surface area (Å²) in [6.45, 7) is 0.926. The molecule has 0 atom stereocenters. The van der Waals surface area contributed by atoms with E-state index >= 15 is 0 Å². The Morgan fingerprint density at radius 3 is 2.50 bits per heavy atom. The van der Waals surface area contributed by atoms with Crippen LogP contribution in [-0.4, -0.2) is 43.1 Å². The maximum atomic E-state index is 12.5. The summed E-state index contributed by atoms with van der Waals surface area (Å²) in [7, 11) is 3.39. The first-order valence-corrected chi connectivity index (χ1v) is 7.77. The zero-order valence-corrected chi connectivity index (χ0v) is 13.8. The molecule has 0 bridgehead atoms. The van der Waals surface area contributed by atoms with Crippen LogP contribution >= 0.6 is 0 Å². The zero-order valence-electron chi connectivity index (χ0n) is 13.8. The molecule has 3 aromatic rings. The van der Waals surface area contributed by atoms with E-state index in [1.807, 2.05) is 54.6 Å². The molecule has 24 heavy (non-hydrogen) atoms. The predicted molar refractivity (Wildman–Crippen MR) is 93.7 cm³/mol. The summed E-state index contributed by atoms with van der Waals surface area (Å²) in [4.78, 5) is 17.3. The molecule has 0 saturated carbocycles. The van der Waals surface area contributed by atoms with E-state index < -0.39 is 0 Å². The van der Waals surface area contributed by atoms with Crippen LogP contribution in [0.5, 0.6) is 11.5 Å². The summed E-state index contributed by atoms with van der Waals surface area (Å²) < 4.78 is 10.8. The number of hydrogen-bond acceptors (Lipinski definition) is 3. The van der Waals surface area contributed by atoms with Gasteiger partial charge in [-0.3, -0.25) is 4.79 Å². The van der Waals surface area contributed by atoms with Gasteiger partial charge >= 0.3 is 0 Å². The molecule has 124 valence electrons. The number of aromatic nitrogens is 1. The highest BCUT2D eigenvalue weighted by Gasteiger charge is 2.14. The van der Waals surface area contributed by atoms with E-state index in [2.05, 4.69) is 4.98 Å². The second-order valence-corrected chi connectivity index (χ2v) is 5.52. The third-order valence-corrected chi connectivity index (χ3v) is 3.86. The molecule has 1 aromatic heterocycles. The third-order valence-electron chi connectivity index (χ3n) is 3.86. The van der Waals surface area contributed by atoms with Gasteiger partial charge in [-0.2, -0.15) is 0 Å². The molecule has 1 N–H and O–H groups in total. The Balaban J connectivity index is 1.55. The smallest absolute Gasteiger partial charge is 0.270 e. The summed E-state index contributed by atoms with van der Waals surface area (Å²) in [5, 5.41) is 1.03. The first-order valence-electron chi connectivity index (χ1n) is 7.77. The lowest BCUT2D eigenvalue weighted by Gasteiger charge is -2.16. The highest BCUT2D eigenvalue weighted by molar-refractivity contribution is 5.97. The number of H-pyrrole nitrogens is 1. The second-order valence-electron chi connectivity index (χ2n) is 5.52. The van der Waals surface area contributed by atoms with Crippen LogP contribution in [0, 0.1) is 0 Å². The third kappa shape index (κ3) is 3.51. The van der Waals surface area contributed by atoms with Crippen LogP contribution in [0.4, 0.5) is 0 Å². The lowest BCUT2D eigenvalue weighted by molar-refractivity contribution is 0.0769. The van der Waals surface area contributed by atoms with Crippen molar-refractivity contribution in [3.8, 4) is 11.5 Å². The Morgan fingerprint density at radius 1 is 1.08 bits per heavy atom. The first kappa shape index (κ1) is 15.9. The molecule has 1 heterocycles. The van der Waals surface area contributed by atoms with Gasteiger partial charge in [-0.05, 0) is 36.4 Å². The largest absolute Gasteiger partial charge is 0.497 e. The van der Waals surface area contributed by atoms with Crippen molar-refractivity contribution in [1.29, 1.82) is 0 Å². The van der Waals surface area contributed by atoms with Crippen molar-refractivity contribution in [3.63, 3.8) is 0 Å². The standard InChI is InChI=1S/C19H20N2O3/c1-21(11-12-24-16-9-7-15(23-2)8-10-16)19(22)18-13-14-5-3-4-6-17(14)20-18/h3-10,13,20H,11-12H2,1-2H3. The fraction of sp³-hybridized carbons (Fsp3) is 0.211. The maximum absolute atomic E-state index is 12.5. The van der Waals surface area contributed by atoms with Crippen LogP contribution < -0.4 is 9.47 Å². The molecule has 0 saturated heterocycles. The summed E-state index contributed by atoms with van der Waals surface area (Å²) in [6.07, 6.45) is 0. The van der Waals surface area contributed by atoms with E-state index in [0.717, 1.165) is 22.4 Å². The fourth-order valence-electron chi connectivity index (χ4n) is 2.47. The average molecular weight is 324 g/mol.